The summed E-state index contributed by atoms with van der Waals surface area (Å²) in [4.78, 5) is 30.9. The molecule has 0 bridgehead atoms. The van der Waals surface area contributed by atoms with Gasteiger partial charge < -0.3 is 14.8 Å². The Morgan fingerprint density at radius 3 is 2.39 bits per heavy atom. The van der Waals surface area contributed by atoms with E-state index in [2.05, 4.69) is 17.2 Å². The standard InChI is InChI=1S/C22H27F3N4O2/c1-15(14-29-12-9-26-16(29)2)13-27-20(30)17-7-10-28(11-8-17)21(31)18-3-5-19(6-4-18)22(23,24)25/h3-6,9,12,15,17H,7-8,10-11,13-14H2,1-2H3,(H,27,30). The molecule has 0 saturated carbocycles. The van der Waals surface area contributed by atoms with Crippen molar-refractivity contribution in [2.24, 2.45) is 11.8 Å². The normalized spacial score (nSPS) is 16.2. The number of amides is 2. The van der Waals surface area contributed by atoms with Crippen molar-refractivity contribution in [1.82, 2.24) is 19.8 Å². The Kier molecular flexibility index (Phi) is 7.02. The van der Waals surface area contributed by atoms with Gasteiger partial charge in [0.1, 0.15) is 5.82 Å². The number of likely N-dealkylation sites (tertiary alicyclic amines) is 1. The quantitative estimate of drug-likeness (QED) is 0.754. The summed E-state index contributed by atoms with van der Waals surface area (Å²) in [5.74, 6) is 0.688. The number of aromatic nitrogens is 2. The van der Waals surface area contributed by atoms with E-state index >= 15 is 0 Å². The number of aryl methyl sites for hydroxylation is 1. The summed E-state index contributed by atoms with van der Waals surface area (Å²) in [6, 6.07) is 4.24. The largest absolute Gasteiger partial charge is 0.416 e. The second-order valence-electron chi connectivity index (χ2n) is 8.12. The van der Waals surface area contributed by atoms with Gasteiger partial charge in [-0.05, 0) is 49.9 Å². The number of imidazole rings is 1. The first-order valence-corrected chi connectivity index (χ1v) is 10.4. The number of halogens is 3. The smallest absolute Gasteiger partial charge is 0.356 e. The molecule has 168 valence electrons. The Balaban J connectivity index is 1.44. The molecule has 1 fully saturated rings. The third-order valence-corrected chi connectivity index (χ3v) is 5.67. The number of carbonyl (C=O) groups excluding carboxylic acids is 2. The molecule has 1 atom stereocenters. The lowest BCUT2D eigenvalue weighted by Gasteiger charge is -2.31. The van der Waals surface area contributed by atoms with Crippen molar-refractivity contribution in [3.8, 4) is 0 Å². The molecule has 1 saturated heterocycles. The van der Waals surface area contributed by atoms with Gasteiger partial charge in [0.25, 0.3) is 5.91 Å². The van der Waals surface area contributed by atoms with Gasteiger partial charge in [0.2, 0.25) is 5.91 Å². The number of nitrogens with zero attached hydrogens (tertiary/aromatic N) is 3. The average Bonchev–Trinajstić information content (AvgIpc) is 3.15. The van der Waals surface area contributed by atoms with Gasteiger partial charge >= 0.3 is 6.18 Å². The maximum atomic E-state index is 12.7. The van der Waals surface area contributed by atoms with Gasteiger partial charge in [-0.15, -0.1) is 0 Å². The third kappa shape index (κ3) is 5.86. The molecule has 1 aliphatic heterocycles. The van der Waals surface area contributed by atoms with Crippen molar-refractivity contribution in [3.63, 3.8) is 0 Å². The maximum Gasteiger partial charge on any atom is 0.416 e. The van der Waals surface area contributed by atoms with Crippen LogP contribution >= 0.6 is 0 Å². The van der Waals surface area contributed by atoms with Crippen LogP contribution in [-0.2, 0) is 17.5 Å². The van der Waals surface area contributed by atoms with Gasteiger partial charge in [0.05, 0.1) is 5.56 Å². The third-order valence-electron chi connectivity index (χ3n) is 5.67. The van der Waals surface area contributed by atoms with Crippen LogP contribution in [0.1, 0.15) is 41.5 Å². The van der Waals surface area contributed by atoms with Crippen LogP contribution in [0, 0.1) is 18.8 Å². The van der Waals surface area contributed by atoms with Gasteiger partial charge in [0.15, 0.2) is 0 Å². The highest BCUT2D eigenvalue weighted by Gasteiger charge is 2.31. The van der Waals surface area contributed by atoms with E-state index in [9.17, 15) is 22.8 Å². The molecule has 2 amide bonds. The molecule has 1 aromatic heterocycles. The number of rotatable bonds is 6. The number of benzene rings is 1. The molecule has 31 heavy (non-hydrogen) atoms. The van der Waals surface area contributed by atoms with Gasteiger partial charge in [-0.2, -0.15) is 13.2 Å². The highest BCUT2D eigenvalue weighted by molar-refractivity contribution is 5.94. The molecular formula is C22H27F3N4O2. The highest BCUT2D eigenvalue weighted by Crippen LogP contribution is 2.29. The van der Waals surface area contributed by atoms with Crippen molar-refractivity contribution in [2.75, 3.05) is 19.6 Å². The minimum absolute atomic E-state index is 0.0177. The van der Waals surface area contributed by atoms with Crippen molar-refractivity contribution in [1.29, 1.82) is 0 Å². The van der Waals surface area contributed by atoms with Crippen molar-refractivity contribution >= 4 is 11.8 Å². The van der Waals surface area contributed by atoms with Gasteiger partial charge in [-0.1, -0.05) is 6.92 Å². The van der Waals surface area contributed by atoms with Crippen LogP contribution in [0.2, 0.25) is 0 Å². The monoisotopic (exact) mass is 436 g/mol. The second kappa shape index (κ2) is 9.53. The molecule has 1 N–H and O–H groups in total. The molecule has 1 unspecified atom stereocenters. The lowest BCUT2D eigenvalue weighted by Crippen LogP contribution is -2.43. The molecule has 0 aliphatic carbocycles. The Labute approximate surface area is 179 Å². The number of carbonyl (C=O) groups is 2. The molecule has 0 radical (unpaired) electrons. The van der Waals surface area contributed by atoms with Crippen molar-refractivity contribution in [3.05, 3.63) is 53.6 Å². The van der Waals surface area contributed by atoms with Crippen molar-refractivity contribution in [2.45, 2.75) is 39.4 Å². The first-order chi connectivity index (χ1) is 14.6. The van der Waals surface area contributed by atoms with Gasteiger partial charge in [-0.3, -0.25) is 9.59 Å². The van der Waals surface area contributed by atoms with Crippen LogP contribution in [0.3, 0.4) is 0 Å². The summed E-state index contributed by atoms with van der Waals surface area (Å²) in [5.41, 5.74) is -0.559. The van der Waals surface area contributed by atoms with Crippen LogP contribution in [0.5, 0.6) is 0 Å². The minimum Gasteiger partial charge on any atom is -0.356 e. The lowest BCUT2D eigenvalue weighted by atomic mass is 9.95. The summed E-state index contributed by atoms with van der Waals surface area (Å²) < 4.78 is 40.1. The molecular weight excluding hydrogens is 409 g/mol. The van der Waals surface area contributed by atoms with E-state index in [1.165, 1.54) is 12.1 Å². The predicted octanol–water partition coefficient (Wildman–Crippen LogP) is 3.52. The van der Waals surface area contributed by atoms with Crippen LogP contribution in [0.4, 0.5) is 13.2 Å². The highest BCUT2D eigenvalue weighted by atomic mass is 19.4. The zero-order valence-corrected chi connectivity index (χ0v) is 17.7. The predicted molar refractivity (Wildman–Crippen MR) is 109 cm³/mol. The zero-order valence-electron chi connectivity index (χ0n) is 17.7. The molecule has 3 rings (SSSR count). The number of nitrogens with one attached hydrogen (secondary N) is 1. The molecule has 9 heteroatoms. The molecule has 6 nitrogen and oxygen atoms in total. The fourth-order valence-corrected chi connectivity index (χ4v) is 3.75. The summed E-state index contributed by atoms with van der Waals surface area (Å²) in [6.07, 6.45) is 0.306. The van der Waals surface area contributed by atoms with E-state index < -0.39 is 11.7 Å². The zero-order chi connectivity index (χ0) is 22.6. The number of alkyl halides is 3. The van der Waals surface area contributed by atoms with Crippen LogP contribution < -0.4 is 5.32 Å². The lowest BCUT2D eigenvalue weighted by molar-refractivity contribution is -0.137. The van der Waals surface area contributed by atoms with E-state index in [4.69, 9.17) is 0 Å². The van der Waals surface area contributed by atoms with Crippen LogP contribution in [0.15, 0.2) is 36.7 Å². The Morgan fingerprint density at radius 2 is 1.84 bits per heavy atom. The van der Waals surface area contributed by atoms with Gasteiger partial charge in [-0.25, -0.2) is 4.98 Å². The summed E-state index contributed by atoms with van der Waals surface area (Å²) in [5, 5.41) is 3.00. The van der Waals surface area contributed by atoms with E-state index in [1.54, 1.807) is 11.1 Å². The van der Waals surface area contributed by atoms with E-state index in [0.717, 1.165) is 24.5 Å². The van der Waals surface area contributed by atoms with Crippen LogP contribution in [-0.4, -0.2) is 45.9 Å². The van der Waals surface area contributed by atoms with E-state index in [0.29, 0.717) is 32.5 Å². The molecule has 2 heterocycles. The summed E-state index contributed by atoms with van der Waals surface area (Å²) >= 11 is 0. The van der Waals surface area contributed by atoms with E-state index in [-0.39, 0.29) is 29.2 Å². The van der Waals surface area contributed by atoms with E-state index in [1.807, 2.05) is 17.7 Å². The number of hydrogen-bond donors (Lipinski definition) is 1. The fourth-order valence-electron chi connectivity index (χ4n) is 3.75. The fraction of sp³-hybridized carbons (Fsp3) is 0.500. The first kappa shape index (κ1) is 22.8. The summed E-state index contributed by atoms with van der Waals surface area (Å²) in [7, 11) is 0. The Hall–Kier alpha value is -2.84. The first-order valence-electron chi connectivity index (χ1n) is 10.4. The average molecular weight is 436 g/mol. The number of piperidine rings is 1. The Morgan fingerprint density at radius 1 is 1.19 bits per heavy atom. The Bertz CT molecular complexity index is 900. The molecule has 1 aliphatic rings. The minimum atomic E-state index is -4.43. The SMILES string of the molecule is Cc1nccn1CC(C)CNC(=O)C1CCN(C(=O)c2ccc(C(F)(F)F)cc2)CC1. The topological polar surface area (TPSA) is 67.2 Å². The maximum absolute atomic E-state index is 12.7. The molecule has 1 aromatic carbocycles. The number of hydrogen-bond acceptors (Lipinski definition) is 3. The van der Waals surface area contributed by atoms with Crippen molar-refractivity contribution < 1.29 is 22.8 Å². The second-order valence-corrected chi connectivity index (χ2v) is 8.12. The summed E-state index contributed by atoms with van der Waals surface area (Å²) in [6.45, 7) is 6.13. The molecule has 2 aromatic rings. The van der Waals surface area contributed by atoms with Crippen LogP contribution in [0.25, 0.3) is 0 Å². The van der Waals surface area contributed by atoms with Gasteiger partial charge in [0, 0.05) is 50.1 Å². The molecule has 0 spiro atoms.